The lowest BCUT2D eigenvalue weighted by atomic mass is 10.2. The average molecular weight is 511 g/mol. The molecule has 0 spiro atoms. The monoisotopic (exact) mass is 510 g/mol. The molecule has 0 aliphatic rings. The van der Waals surface area contributed by atoms with Crippen LogP contribution >= 0.6 is 23.2 Å². The summed E-state index contributed by atoms with van der Waals surface area (Å²) in [6.07, 6.45) is 0.988. The smallest absolute Gasteiger partial charge is 0.241 e. The zero-order valence-corrected chi connectivity index (χ0v) is 19.9. The molecule has 0 aromatic heterocycles. The number of rotatable bonds is 9. The largest absolute Gasteiger partial charge is 0.489 e. The number of amides is 1. The first-order valence-electron chi connectivity index (χ1n) is 9.78. The summed E-state index contributed by atoms with van der Waals surface area (Å²) in [5, 5.41) is 2.93. The lowest BCUT2D eigenvalue weighted by molar-refractivity contribution is -0.119. The van der Waals surface area contributed by atoms with Crippen molar-refractivity contribution >= 4 is 44.8 Å². The van der Waals surface area contributed by atoms with Gasteiger partial charge in [-0.1, -0.05) is 53.5 Å². The molecule has 3 rings (SSSR count). The van der Waals surface area contributed by atoms with Crippen molar-refractivity contribution in [2.45, 2.75) is 13.2 Å². The van der Waals surface area contributed by atoms with Crippen LogP contribution in [0.1, 0.15) is 11.1 Å². The number of hydrogen-bond acceptors (Lipinski definition) is 4. The Morgan fingerprint density at radius 3 is 2.27 bits per heavy atom. The van der Waals surface area contributed by atoms with E-state index < -0.39 is 22.5 Å². The number of sulfonamides is 1. The van der Waals surface area contributed by atoms with Gasteiger partial charge in [0, 0.05) is 6.54 Å². The van der Waals surface area contributed by atoms with E-state index in [9.17, 15) is 17.6 Å². The minimum atomic E-state index is -3.78. The van der Waals surface area contributed by atoms with Crippen LogP contribution in [0.25, 0.3) is 0 Å². The summed E-state index contributed by atoms with van der Waals surface area (Å²) in [6.45, 7) is 0.0411. The Labute approximate surface area is 201 Å². The van der Waals surface area contributed by atoms with E-state index in [2.05, 4.69) is 5.32 Å². The number of hydrogen-bond donors (Lipinski definition) is 1. The highest BCUT2D eigenvalue weighted by atomic mass is 35.5. The van der Waals surface area contributed by atoms with Crippen LogP contribution in [0.5, 0.6) is 5.75 Å². The van der Waals surface area contributed by atoms with Gasteiger partial charge in [-0.15, -0.1) is 0 Å². The molecule has 0 saturated carbocycles. The van der Waals surface area contributed by atoms with Crippen LogP contribution in [0.2, 0.25) is 10.0 Å². The fourth-order valence-corrected chi connectivity index (χ4v) is 4.21. The van der Waals surface area contributed by atoms with Crippen LogP contribution in [0.4, 0.5) is 10.1 Å². The third-order valence-electron chi connectivity index (χ3n) is 4.62. The van der Waals surface area contributed by atoms with Gasteiger partial charge in [-0.3, -0.25) is 9.10 Å². The van der Waals surface area contributed by atoms with Crippen LogP contribution in [0.15, 0.2) is 66.7 Å². The Morgan fingerprint density at radius 2 is 1.64 bits per heavy atom. The predicted molar refractivity (Wildman–Crippen MR) is 128 cm³/mol. The Balaban J connectivity index is 1.57. The molecule has 0 heterocycles. The summed E-state index contributed by atoms with van der Waals surface area (Å²) in [5.74, 6) is -0.193. The number of halogens is 3. The van der Waals surface area contributed by atoms with Gasteiger partial charge in [0.25, 0.3) is 0 Å². The van der Waals surface area contributed by atoms with Crippen molar-refractivity contribution in [3.63, 3.8) is 0 Å². The minimum Gasteiger partial charge on any atom is -0.489 e. The molecule has 0 unspecified atom stereocenters. The van der Waals surface area contributed by atoms with Gasteiger partial charge >= 0.3 is 0 Å². The van der Waals surface area contributed by atoms with Crippen molar-refractivity contribution in [3.8, 4) is 5.75 Å². The van der Waals surface area contributed by atoms with Crippen LogP contribution in [0.3, 0.4) is 0 Å². The molecule has 3 aromatic carbocycles. The second-order valence-corrected chi connectivity index (χ2v) is 9.87. The summed E-state index contributed by atoms with van der Waals surface area (Å²) >= 11 is 12.1. The van der Waals surface area contributed by atoms with E-state index in [1.165, 1.54) is 24.3 Å². The summed E-state index contributed by atoms with van der Waals surface area (Å²) in [7, 11) is -3.78. The van der Waals surface area contributed by atoms with Gasteiger partial charge < -0.3 is 10.1 Å². The zero-order chi connectivity index (χ0) is 24.0. The van der Waals surface area contributed by atoms with E-state index in [0.717, 1.165) is 21.7 Å². The molecule has 174 valence electrons. The molecule has 0 atom stereocenters. The molecule has 0 aliphatic heterocycles. The van der Waals surface area contributed by atoms with Crippen LogP contribution in [-0.2, 0) is 28.0 Å². The summed E-state index contributed by atoms with van der Waals surface area (Å²) in [4.78, 5) is 12.4. The SMILES string of the molecule is CS(=O)(=O)N(CC(=O)NCc1ccc(OCc2ccc(F)cc2)cc1)c1cccc(Cl)c1Cl. The van der Waals surface area contributed by atoms with Crippen LogP contribution < -0.4 is 14.4 Å². The second-order valence-electron chi connectivity index (χ2n) is 7.18. The Bertz CT molecular complexity index is 1220. The Morgan fingerprint density at radius 1 is 1.00 bits per heavy atom. The Kier molecular flexibility index (Phi) is 8.18. The first-order valence-corrected chi connectivity index (χ1v) is 12.4. The molecular weight excluding hydrogens is 490 g/mol. The average Bonchev–Trinajstić information content (AvgIpc) is 2.78. The fraction of sp³-hybridized carbons (Fsp3) is 0.174. The second kappa shape index (κ2) is 10.9. The number of nitrogens with one attached hydrogen (secondary N) is 1. The van der Waals surface area contributed by atoms with E-state index in [1.807, 2.05) is 0 Å². The normalized spacial score (nSPS) is 11.2. The van der Waals surface area contributed by atoms with Crippen molar-refractivity contribution in [3.05, 3.63) is 93.7 Å². The molecule has 1 amide bonds. The summed E-state index contributed by atoms with van der Waals surface area (Å²) in [5.41, 5.74) is 1.76. The van der Waals surface area contributed by atoms with E-state index in [-0.39, 0.29) is 28.1 Å². The van der Waals surface area contributed by atoms with E-state index >= 15 is 0 Å². The number of ether oxygens (including phenoxy) is 1. The first kappa shape index (κ1) is 24.8. The summed E-state index contributed by atoms with van der Waals surface area (Å²) in [6, 6.07) is 17.7. The zero-order valence-electron chi connectivity index (χ0n) is 17.6. The van der Waals surface area contributed by atoms with E-state index in [4.69, 9.17) is 27.9 Å². The van der Waals surface area contributed by atoms with Crippen molar-refractivity contribution < 1.29 is 22.3 Å². The van der Waals surface area contributed by atoms with Crippen molar-refractivity contribution in [1.29, 1.82) is 0 Å². The van der Waals surface area contributed by atoms with Gasteiger partial charge in [0.2, 0.25) is 15.9 Å². The molecule has 6 nitrogen and oxygen atoms in total. The highest BCUT2D eigenvalue weighted by Crippen LogP contribution is 2.33. The molecule has 0 fully saturated rings. The Hall–Kier alpha value is -2.81. The molecule has 3 aromatic rings. The van der Waals surface area contributed by atoms with Crippen molar-refractivity contribution in [2.24, 2.45) is 0 Å². The quantitative estimate of drug-likeness (QED) is 0.448. The van der Waals surface area contributed by atoms with Crippen LogP contribution in [-0.4, -0.2) is 27.1 Å². The molecule has 33 heavy (non-hydrogen) atoms. The fourth-order valence-electron chi connectivity index (χ4n) is 2.90. The highest BCUT2D eigenvalue weighted by molar-refractivity contribution is 7.92. The van der Waals surface area contributed by atoms with Gasteiger partial charge in [0.1, 0.15) is 24.7 Å². The van der Waals surface area contributed by atoms with Crippen molar-refractivity contribution in [1.82, 2.24) is 5.32 Å². The molecule has 0 bridgehead atoms. The maximum atomic E-state index is 13.0. The highest BCUT2D eigenvalue weighted by Gasteiger charge is 2.23. The molecule has 0 aliphatic carbocycles. The standard InChI is InChI=1S/C23H21Cl2FN2O4S/c1-33(30,31)28(21-4-2-3-20(24)23(21)25)14-22(29)27-13-16-7-11-19(12-8-16)32-15-17-5-9-18(26)10-6-17/h2-12H,13-15H2,1H3,(H,27,29). The van der Waals surface area contributed by atoms with Crippen molar-refractivity contribution in [2.75, 3.05) is 17.1 Å². The lowest BCUT2D eigenvalue weighted by Gasteiger charge is -2.23. The molecule has 1 N–H and O–H groups in total. The van der Waals surface area contributed by atoms with Gasteiger partial charge in [-0.2, -0.15) is 0 Å². The topological polar surface area (TPSA) is 75.7 Å². The third kappa shape index (κ3) is 7.08. The van der Waals surface area contributed by atoms with Gasteiger partial charge in [0.15, 0.2) is 0 Å². The molecule has 0 saturated heterocycles. The predicted octanol–water partition coefficient (Wildman–Crippen LogP) is 4.79. The third-order valence-corrected chi connectivity index (χ3v) is 6.55. The summed E-state index contributed by atoms with van der Waals surface area (Å²) < 4.78 is 44.0. The number of nitrogens with zero attached hydrogens (tertiary/aromatic N) is 1. The number of anilines is 1. The minimum absolute atomic E-state index is 0.0496. The van der Waals surface area contributed by atoms with E-state index in [1.54, 1.807) is 42.5 Å². The number of benzene rings is 3. The lowest BCUT2D eigenvalue weighted by Crippen LogP contribution is -2.40. The molecule has 10 heteroatoms. The van der Waals surface area contributed by atoms with Gasteiger partial charge in [-0.25, -0.2) is 12.8 Å². The van der Waals surface area contributed by atoms with Crippen LogP contribution in [0, 0.1) is 5.82 Å². The molecule has 0 radical (unpaired) electrons. The maximum absolute atomic E-state index is 13.0. The van der Waals surface area contributed by atoms with Gasteiger partial charge in [-0.05, 0) is 47.5 Å². The first-order chi connectivity index (χ1) is 15.6. The number of carbonyl (C=O) groups excluding carboxylic acids is 1. The number of carbonyl (C=O) groups is 1. The maximum Gasteiger partial charge on any atom is 0.241 e. The van der Waals surface area contributed by atoms with Gasteiger partial charge in [0.05, 0.1) is 22.0 Å². The molecular formula is C23H21Cl2FN2O4S. The van der Waals surface area contributed by atoms with E-state index in [0.29, 0.717) is 12.4 Å².